The van der Waals surface area contributed by atoms with Gasteiger partial charge in [0.15, 0.2) is 0 Å². The van der Waals surface area contributed by atoms with Gasteiger partial charge >= 0.3 is 6.18 Å². The van der Waals surface area contributed by atoms with Crippen molar-refractivity contribution < 1.29 is 13.2 Å². The van der Waals surface area contributed by atoms with Gasteiger partial charge in [0, 0.05) is 16.1 Å². The van der Waals surface area contributed by atoms with Gasteiger partial charge in [-0.3, -0.25) is 0 Å². The highest BCUT2D eigenvalue weighted by Crippen LogP contribution is 2.41. The highest BCUT2D eigenvalue weighted by molar-refractivity contribution is 9.10. The molecule has 1 fully saturated rings. The van der Waals surface area contributed by atoms with Crippen LogP contribution >= 0.6 is 63.0 Å². The Bertz CT molecular complexity index is 1000. The molecule has 172 valence electrons. The summed E-state index contributed by atoms with van der Waals surface area (Å²) in [6, 6.07) is 7.92. The van der Waals surface area contributed by atoms with Gasteiger partial charge in [-0.1, -0.05) is 87.2 Å². The van der Waals surface area contributed by atoms with E-state index in [4.69, 9.17) is 47.0 Å². The number of halogens is 7. The van der Waals surface area contributed by atoms with Crippen molar-refractivity contribution in [2.45, 2.75) is 31.0 Å². The van der Waals surface area contributed by atoms with E-state index in [9.17, 15) is 13.2 Å². The average molecular weight is 587 g/mol. The first-order chi connectivity index (χ1) is 15.1. The number of thiocarbonyl (C=S) groups is 1. The first kappa shape index (κ1) is 25.8. The highest BCUT2D eigenvalue weighted by Gasteiger charge is 2.39. The molecule has 1 saturated heterocycles. The van der Waals surface area contributed by atoms with E-state index in [0.717, 1.165) is 37.6 Å². The standard InChI is InChI=1S/C22H19BrCl3F3N2S/c23-17-9-12(1-3-15(17)21(32)31-14-5-7-30-8-6-14)2-4-16(22(27,28)29)13-10-18(24)20(26)19(25)11-13/h1-4,9-11,14,16,30H,5-8H2,(H,31,32)/b4-2+. The number of allylic oxidation sites excluding steroid dienone is 1. The van der Waals surface area contributed by atoms with Crippen LogP contribution in [0.2, 0.25) is 15.1 Å². The van der Waals surface area contributed by atoms with E-state index in [0.29, 0.717) is 21.1 Å². The van der Waals surface area contributed by atoms with Crippen LogP contribution in [-0.4, -0.2) is 30.3 Å². The van der Waals surface area contributed by atoms with Crippen molar-refractivity contribution in [1.82, 2.24) is 10.6 Å². The van der Waals surface area contributed by atoms with Crippen LogP contribution in [0.4, 0.5) is 13.2 Å². The predicted molar refractivity (Wildman–Crippen MR) is 134 cm³/mol. The minimum atomic E-state index is -4.53. The van der Waals surface area contributed by atoms with E-state index < -0.39 is 12.1 Å². The molecule has 1 unspecified atom stereocenters. The fourth-order valence-corrected chi connectivity index (χ4v) is 5.10. The molecule has 1 atom stereocenters. The van der Waals surface area contributed by atoms with E-state index in [1.54, 1.807) is 18.2 Å². The third-order valence-electron chi connectivity index (χ3n) is 5.11. The number of rotatable bonds is 5. The maximum atomic E-state index is 13.7. The predicted octanol–water partition coefficient (Wildman–Crippen LogP) is 7.79. The summed E-state index contributed by atoms with van der Waals surface area (Å²) in [4.78, 5) is 0.609. The molecule has 0 bridgehead atoms. The molecule has 2 nitrogen and oxygen atoms in total. The third-order valence-corrected chi connectivity index (χ3v) is 7.30. The minimum Gasteiger partial charge on any atom is -0.373 e. The van der Waals surface area contributed by atoms with Crippen molar-refractivity contribution in [3.63, 3.8) is 0 Å². The molecule has 1 heterocycles. The number of hydrogen-bond acceptors (Lipinski definition) is 2. The molecule has 0 amide bonds. The van der Waals surface area contributed by atoms with Crippen LogP contribution in [0.5, 0.6) is 0 Å². The number of piperidine rings is 1. The lowest BCUT2D eigenvalue weighted by Crippen LogP contribution is -2.42. The Hall–Kier alpha value is -0.830. The monoisotopic (exact) mass is 584 g/mol. The van der Waals surface area contributed by atoms with E-state index in [1.165, 1.54) is 18.2 Å². The summed E-state index contributed by atoms with van der Waals surface area (Å²) >= 11 is 26.7. The van der Waals surface area contributed by atoms with Crippen molar-refractivity contribution in [2.24, 2.45) is 0 Å². The average Bonchev–Trinajstić information content (AvgIpc) is 2.71. The Kier molecular flexibility index (Phi) is 8.92. The number of nitrogens with one attached hydrogen (secondary N) is 2. The van der Waals surface area contributed by atoms with Gasteiger partial charge in [-0.15, -0.1) is 0 Å². The van der Waals surface area contributed by atoms with Gasteiger partial charge in [-0.25, -0.2) is 0 Å². The summed E-state index contributed by atoms with van der Waals surface area (Å²) in [5, 5.41) is 6.63. The zero-order chi connectivity index (χ0) is 23.5. The molecule has 10 heteroatoms. The lowest BCUT2D eigenvalue weighted by Gasteiger charge is -2.25. The van der Waals surface area contributed by atoms with E-state index in [2.05, 4.69) is 26.6 Å². The molecule has 2 N–H and O–H groups in total. The molecule has 1 aliphatic heterocycles. The first-order valence-electron chi connectivity index (χ1n) is 9.76. The Morgan fingerprint density at radius 3 is 2.31 bits per heavy atom. The lowest BCUT2D eigenvalue weighted by atomic mass is 9.97. The lowest BCUT2D eigenvalue weighted by molar-refractivity contribution is -0.139. The Balaban J connectivity index is 1.80. The molecule has 0 spiro atoms. The summed E-state index contributed by atoms with van der Waals surface area (Å²) < 4.78 is 41.9. The smallest absolute Gasteiger partial charge is 0.373 e. The number of alkyl halides is 3. The van der Waals surface area contributed by atoms with Crippen molar-refractivity contribution in [2.75, 3.05) is 13.1 Å². The van der Waals surface area contributed by atoms with Gasteiger partial charge in [0.25, 0.3) is 0 Å². The molecule has 2 aromatic carbocycles. The van der Waals surface area contributed by atoms with Crippen molar-refractivity contribution >= 4 is 74.0 Å². The van der Waals surface area contributed by atoms with Crippen LogP contribution in [-0.2, 0) is 0 Å². The van der Waals surface area contributed by atoms with Gasteiger partial charge in [0.05, 0.1) is 21.0 Å². The van der Waals surface area contributed by atoms with Crippen LogP contribution in [0, 0.1) is 0 Å². The van der Waals surface area contributed by atoms with Crippen LogP contribution in [0.3, 0.4) is 0 Å². The molecule has 2 aromatic rings. The largest absolute Gasteiger partial charge is 0.399 e. The zero-order valence-corrected chi connectivity index (χ0v) is 21.2. The second-order valence-corrected chi connectivity index (χ2v) is 9.87. The first-order valence-corrected chi connectivity index (χ1v) is 12.1. The van der Waals surface area contributed by atoms with Gasteiger partial charge in [-0.05, 0) is 55.3 Å². The molecule has 32 heavy (non-hydrogen) atoms. The second kappa shape index (κ2) is 11.1. The molecule has 0 aromatic heterocycles. The SMILES string of the molecule is FC(F)(F)C(/C=C/c1ccc(C(=S)NC2CCNCC2)c(Br)c1)c1cc(Cl)c(Cl)c(Cl)c1. The van der Waals surface area contributed by atoms with Gasteiger partial charge in [0.2, 0.25) is 0 Å². The zero-order valence-electron chi connectivity index (χ0n) is 16.6. The van der Waals surface area contributed by atoms with E-state index in [1.807, 2.05) is 0 Å². The van der Waals surface area contributed by atoms with Crippen molar-refractivity contribution in [3.8, 4) is 0 Å². The molecule has 3 rings (SSSR count). The van der Waals surface area contributed by atoms with Crippen LogP contribution in [0.1, 0.15) is 35.4 Å². The summed E-state index contributed by atoms with van der Waals surface area (Å²) in [6.07, 6.45) is -0.0872. The molecule has 0 radical (unpaired) electrons. The highest BCUT2D eigenvalue weighted by atomic mass is 79.9. The van der Waals surface area contributed by atoms with Gasteiger partial charge in [-0.2, -0.15) is 13.2 Å². The van der Waals surface area contributed by atoms with Crippen LogP contribution in [0.25, 0.3) is 6.08 Å². The second-order valence-electron chi connectivity index (χ2n) is 7.41. The van der Waals surface area contributed by atoms with Crippen LogP contribution in [0.15, 0.2) is 40.9 Å². The molecule has 0 aliphatic carbocycles. The van der Waals surface area contributed by atoms with Gasteiger partial charge in [0.1, 0.15) is 4.99 Å². The van der Waals surface area contributed by atoms with Crippen molar-refractivity contribution in [3.05, 3.63) is 72.6 Å². The normalized spacial score (nSPS) is 16.3. The summed E-state index contributed by atoms with van der Waals surface area (Å²) in [5.41, 5.74) is 1.29. The number of benzene rings is 2. The van der Waals surface area contributed by atoms with Crippen LogP contribution < -0.4 is 10.6 Å². The van der Waals surface area contributed by atoms with Gasteiger partial charge < -0.3 is 10.6 Å². The van der Waals surface area contributed by atoms with E-state index in [-0.39, 0.29) is 20.6 Å². The summed E-state index contributed by atoms with van der Waals surface area (Å²) in [6.45, 7) is 1.88. The summed E-state index contributed by atoms with van der Waals surface area (Å²) in [5.74, 6) is -1.89. The van der Waals surface area contributed by atoms with Crippen molar-refractivity contribution in [1.29, 1.82) is 0 Å². The molecular weight excluding hydrogens is 568 g/mol. The fraction of sp³-hybridized carbons (Fsp3) is 0.318. The molecule has 0 saturated carbocycles. The Labute approximate surface area is 213 Å². The fourth-order valence-electron chi connectivity index (χ4n) is 3.42. The Morgan fingerprint density at radius 2 is 1.75 bits per heavy atom. The quantitative estimate of drug-likeness (QED) is 0.276. The minimum absolute atomic E-state index is 0.0237. The summed E-state index contributed by atoms with van der Waals surface area (Å²) in [7, 11) is 0. The number of hydrogen-bond donors (Lipinski definition) is 2. The maximum Gasteiger partial charge on any atom is 0.399 e. The topological polar surface area (TPSA) is 24.1 Å². The van der Waals surface area contributed by atoms with E-state index >= 15 is 0 Å². The molecular formula is C22H19BrCl3F3N2S. The third kappa shape index (κ3) is 6.61. The Morgan fingerprint density at radius 1 is 1.12 bits per heavy atom. The maximum absolute atomic E-state index is 13.7. The molecule has 1 aliphatic rings.